The van der Waals surface area contributed by atoms with Crippen molar-refractivity contribution < 1.29 is 19.1 Å². The average Bonchev–Trinajstić information content (AvgIpc) is 3.35. The zero-order chi connectivity index (χ0) is 21.8. The molecule has 0 unspecified atom stereocenters. The molecule has 2 aromatic rings. The van der Waals surface area contributed by atoms with Gasteiger partial charge in [-0.2, -0.15) is 0 Å². The molecule has 8 nitrogen and oxygen atoms in total. The lowest BCUT2D eigenvalue weighted by Crippen LogP contribution is -2.31. The molecule has 4 rings (SSSR count). The third-order valence-corrected chi connectivity index (χ3v) is 7.00. The van der Waals surface area contributed by atoms with Gasteiger partial charge in [0.05, 0.1) is 5.56 Å². The van der Waals surface area contributed by atoms with Crippen molar-refractivity contribution in [1.29, 1.82) is 0 Å². The molecule has 0 saturated heterocycles. The van der Waals surface area contributed by atoms with Crippen molar-refractivity contribution in [3.8, 4) is 0 Å². The van der Waals surface area contributed by atoms with Gasteiger partial charge in [-0.3, -0.25) is 14.9 Å². The van der Waals surface area contributed by atoms with E-state index in [9.17, 15) is 14.4 Å². The van der Waals surface area contributed by atoms with E-state index in [2.05, 4.69) is 20.6 Å². The lowest BCUT2D eigenvalue weighted by molar-refractivity contribution is -0.124. The van der Waals surface area contributed by atoms with Gasteiger partial charge >= 0.3 is 5.97 Å². The van der Waals surface area contributed by atoms with E-state index in [0.29, 0.717) is 10.6 Å². The van der Waals surface area contributed by atoms with Gasteiger partial charge in [0.25, 0.3) is 5.91 Å². The average molecular weight is 443 g/mol. The molecule has 164 valence electrons. The summed E-state index contributed by atoms with van der Waals surface area (Å²) in [5.41, 5.74) is 1.34. The number of hydrogen-bond donors (Lipinski definition) is 2. The van der Waals surface area contributed by atoms with Crippen molar-refractivity contribution in [3.63, 3.8) is 0 Å². The minimum Gasteiger partial charge on any atom is -0.449 e. The van der Waals surface area contributed by atoms with Gasteiger partial charge in [-0.15, -0.1) is 11.3 Å². The number of fused-ring (bicyclic) bond motifs is 1. The standard InChI is InChI=1S/C22H26N4O4S/c1-13(18(27)26-22-23-11-6-12-24-22)30-21(29)17-15-9-5-10-16(15)31-20(17)25-19(28)14-7-3-2-4-8-14/h6,11-14H,2-5,7-10H2,1H3,(H,25,28)(H,23,24,26,27)/t13-/m1/s1. The number of nitrogens with zero attached hydrogens (tertiary/aromatic N) is 2. The van der Waals surface area contributed by atoms with E-state index in [4.69, 9.17) is 4.74 Å². The molecule has 1 fully saturated rings. The molecule has 2 aliphatic rings. The van der Waals surface area contributed by atoms with Crippen LogP contribution in [0.15, 0.2) is 18.5 Å². The smallest absolute Gasteiger partial charge is 0.342 e. The van der Waals surface area contributed by atoms with Crippen molar-refractivity contribution in [1.82, 2.24) is 9.97 Å². The van der Waals surface area contributed by atoms with Gasteiger partial charge in [0.2, 0.25) is 11.9 Å². The normalized spacial score (nSPS) is 16.9. The fraction of sp³-hybridized carbons (Fsp3) is 0.500. The number of thiophene rings is 1. The Kier molecular flexibility index (Phi) is 6.60. The van der Waals surface area contributed by atoms with E-state index < -0.39 is 18.0 Å². The summed E-state index contributed by atoms with van der Waals surface area (Å²) >= 11 is 1.45. The maximum atomic E-state index is 13.0. The molecule has 2 aromatic heterocycles. The lowest BCUT2D eigenvalue weighted by Gasteiger charge is -2.21. The Morgan fingerprint density at radius 2 is 1.81 bits per heavy atom. The molecule has 0 aromatic carbocycles. The van der Waals surface area contributed by atoms with E-state index in [-0.39, 0.29) is 17.8 Å². The highest BCUT2D eigenvalue weighted by molar-refractivity contribution is 7.17. The Morgan fingerprint density at radius 1 is 1.06 bits per heavy atom. The van der Waals surface area contributed by atoms with E-state index >= 15 is 0 Å². The Balaban J connectivity index is 1.46. The highest BCUT2D eigenvalue weighted by Crippen LogP contribution is 2.40. The van der Waals surface area contributed by atoms with Crippen LogP contribution in [-0.4, -0.2) is 33.9 Å². The highest BCUT2D eigenvalue weighted by atomic mass is 32.1. The van der Waals surface area contributed by atoms with Crippen LogP contribution in [0.1, 0.15) is 66.2 Å². The van der Waals surface area contributed by atoms with Crippen LogP contribution in [0.4, 0.5) is 10.9 Å². The summed E-state index contributed by atoms with van der Waals surface area (Å²) in [5.74, 6) is -0.993. The quantitative estimate of drug-likeness (QED) is 0.660. The largest absolute Gasteiger partial charge is 0.449 e. The van der Waals surface area contributed by atoms with Crippen LogP contribution in [0.5, 0.6) is 0 Å². The molecular formula is C22H26N4O4S. The first-order valence-electron chi connectivity index (χ1n) is 10.8. The molecule has 1 atom stereocenters. The molecular weight excluding hydrogens is 416 g/mol. The molecule has 2 aliphatic carbocycles. The highest BCUT2D eigenvalue weighted by Gasteiger charge is 2.31. The number of amides is 2. The minimum absolute atomic E-state index is 0.00913. The number of carbonyl (C=O) groups is 3. The number of anilines is 2. The van der Waals surface area contributed by atoms with E-state index in [0.717, 1.165) is 55.4 Å². The van der Waals surface area contributed by atoms with Crippen molar-refractivity contribution >= 4 is 40.1 Å². The van der Waals surface area contributed by atoms with E-state index in [1.54, 1.807) is 6.07 Å². The van der Waals surface area contributed by atoms with Gasteiger partial charge < -0.3 is 10.1 Å². The molecule has 9 heteroatoms. The van der Waals surface area contributed by atoms with Gasteiger partial charge in [-0.1, -0.05) is 19.3 Å². The van der Waals surface area contributed by atoms with Crippen LogP contribution in [0, 0.1) is 5.92 Å². The lowest BCUT2D eigenvalue weighted by atomic mass is 9.89. The van der Waals surface area contributed by atoms with Crippen molar-refractivity contribution in [3.05, 3.63) is 34.5 Å². The van der Waals surface area contributed by atoms with E-state index in [1.165, 1.54) is 37.1 Å². The van der Waals surface area contributed by atoms with Gasteiger partial charge in [0.15, 0.2) is 6.10 Å². The number of aromatic nitrogens is 2. The maximum Gasteiger partial charge on any atom is 0.342 e. The van der Waals surface area contributed by atoms with Crippen LogP contribution in [0.25, 0.3) is 0 Å². The summed E-state index contributed by atoms with van der Waals surface area (Å²) in [4.78, 5) is 47.2. The Bertz CT molecular complexity index is 969. The fourth-order valence-corrected chi connectivity index (χ4v) is 5.42. The van der Waals surface area contributed by atoms with Crippen molar-refractivity contribution in [2.75, 3.05) is 10.6 Å². The monoisotopic (exact) mass is 442 g/mol. The first-order chi connectivity index (χ1) is 15.0. The second-order valence-corrected chi connectivity index (χ2v) is 9.10. The Morgan fingerprint density at radius 3 is 2.55 bits per heavy atom. The van der Waals surface area contributed by atoms with Gasteiger partial charge in [0, 0.05) is 23.2 Å². The molecule has 2 N–H and O–H groups in total. The summed E-state index contributed by atoms with van der Waals surface area (Å²) in [6, 6.07) is 1.64. The second-order valence-electron chi connectivity index (χ2n) is 7.99. The number of rotatable bonds is 6. The molecule has 0 aliphatic heterocycles. The Hall–Kier alpha value is -2.81. The molecule has 0 spiro atoms. The third-order valence-electron chi connectivity index (χ3n) is 5.79. The van der Waals surface area contributed by atoms with Crippen molar-refractivity contribution in [2.24, 2.45) is 5.92 Å². The topological polar surface area (TPSA) is 110 Å². The first kappa shape index (κ1) is 21.4. The minimum atomic E-state index is -1.03. The summed E-state index contributed by atoms with van der Waals surface area (Å²) in [5, 5.41) is 6.07. The van der Waals surface area contributed by atoms with Crippen molar-refractivity contribution in [2.45, 2.75) is 64.4 Å². The zero-order valence-corrected chi connectivity index (χ0v) is 18.3. The first-order valence-corrected chi connectivity index (χ1v) is 11.6. The van der Waals surface area contributed by atoms with Crippen LogP contribution >= 0.6 is 11.3 Å². The third kappa shape index (κ3) is 4.92. The predicted molar refractivity (Wildman–Crippen MR) is 117 cm³/mol. The molecule has 1 saturated carbocycles. The van der Waals surface area contributed by atoms with Crippen LogP contribution in [0.3, 0.4) is 0 Å². The van der Waals surface area contributed by atoms with Crippen LogP contribution in [0.2, 0.25) is 0 Å². The van der Waals surface area contributed by atoms with Gasteiger partial charge in [-0.05, 0) is 50.7 Å². The summed E-state index contributed by atoms with van der Waals surface area (Å²) < 4.78 is 5.47. The molecule has 2 amide bonds. The molecule has 31 heavy (non-hydrogen) atoms. The fourth-order valence-electron chi connectivity index (χ4n) is 4.14. The van der Waals surface area contributed by atoms with Crippen LogP contribution < -0.4 is 10.6 Å². The number of esters is 1. The molecule has 0 radical (unpaired) electrons. The molecule has 2 heterocycles. The number of carbonyl (C=O) groups excluding carboxylic acids is 3. The second kappa shape index (κ2) is 9.55. The van der Waals surface area contributed by atoms with Gasteiger partial charge in [-0.25, -0.2) is 14.8 Å². The Labute approximate surface area is 184 Å². The van der Waals surface area contributed by atoms with Crippen LogP contribution in [-0.2, 0) is 27.2 Å². The van der Waals surface area contributed by atoms with Gasteiger partial charge in [0.1, 0.15) is 5.00 Å². The maximum absolute atomic E-state index is 13.0. The molecule has 0 bridgehead atoms. The van der Waals surface area contributed by atoms with E-state index in [1.807, 2.05) is 0 Å². The number of hydrogen-bond acceptors (Lipinski definition) is 7. The SMILES string of the molecule is C[C@@H](OC(=O)c1c(NC(=O)C2CCCCC2)sc2c1CCC2)C(=O)Nc1ncccn1. The number of nitrogens with one attached hydrogen (secondary N) is 2. The number of aryl methyl sites for hydroxylation is 1. The predicted octanol–water partition coefficient (Wildman–Crippen LogP) is 3.73. The summed E-state index contributed by atoms with van der Waals surface area (Å²) in [6.45, 7) is 1.50. The summed E-state index contributed by atoms with van der Waals surface area (Å²) in [6.07, 6.45) is 9.68. The number of ether oxygens (including phenoxy) is 1. The zero-order valence-electron chi connectivity index (χ0n) is 17.5. The summed E-state index contributed by atoms with van der Waals surface area (Å²) in [7, 11) is 0.